The second-order valence-electron chi connectivity index (χ2n) is 24.7. The molecule has 0 bridgehead atoms. The number of para-hydroxylation sites is 2. The van der Waals surface area contributed by atoms with Crippen LogP contribution in [-0.4, -0.2) is 9.13 Å². The summed E-state index contributed by atoms with van der Waals surface area (Å²) in [5.74, 6) is 0. The van der Waals surface area contributed by atoms with Crippen molar-refractivity contribution in [2.45, 2.75) is 5.41 Å². The topological polar surface area (TPSA) is 9.86 Å². The second-order valence-corrected chi connectivity index (χ2v) is 24.7. The highest BCUT2D eigenvalue weighted by atomic mass is 15.0. The monoisotopic (exact) mass is 1180 g/mol. The summed E-state index contributed by atoms with van der Waals surface area (Å²) in [6.45, 7) is 0. The molecule has 2 heteroatoms. The van der Waals surface area contributed by atoms with Crippen LogP contribution in [0, 0.1) is 0 Å². The van der Waals surface area contributed by atoms with E-state index < -0.39 is 5.41 Å². The molecule has 2 aromatic heterocycles. The van der Waals surface area contributed by atoms with Gasteiger partial charge in [0, 0.05) is 32.9 Å². The molecule has 0 radical (unpaired) electrons. The van der Waals surface area contributed by atoms with Crippen molar-refractivity contribution >= 4 is 43.6 Å². The van der Waals surface area contributed by atoms with E-state index in [2.05, 4.69) is 373 Å². The number of hydrogen-bond acceptors (Lipinski definition) is 0. The first-order valence-corrected chi connectivity index (χ1v) is 32.2. The van der Waals surface area contributed by atoms with E-state index in [0.717, 1.165) is 11.4 Å². The fraction of sp³-hybridized carbons (Fsp3) is 0.0110. The predicted molar refractivity (Wildman–Crippen MR) is 390 cm³/mol. The third-order valence-corrected chi connectivity index (χ3v) is 19.7. The summed E-state index contributed by atoms with van der Waals surface area (Å²) < 4.78 is 4.84. The molecule has 15 aromatic carbocycles. The fourth-order valence-corrected chi connectivity index (χ4v) is 15.3. The van der Waals surface area contributed by atoms with Gasteiger partial charge in [-0.1, -0.05) is 297 Å². The molecule has 1 aliphatic rings. The van der Waals surface area contributed by atoms with Crippen LogP contribution in [0.1, 0.15) is 22.3 Å². The van der Waals surface area contributed by atoms with Gasteiger partial charge >= 0.3 is 0 Å². The van der Waals surface area contributed by atoms with E-state index in [1.54, 1.807) is 0 Å². The average Bonchev–Trinajstić information content (AvgIpc) is 1.58. The smallest absolute Gasteiger partial charge is 0.0713 e. The minimum atomic E-state index is -0.531. The lowest BCUT2D eigenvalue weighted by Crippen LogP contribution is -2.28. The van der Waals surface area contributed by atoms with Gasteiger partial charge in [-0.3, -0.25) is 0 Å². The number of hydrogen-bond donors (Lipinski definition) is 0. The summed E-state index contributed by atoms with van der Waals surface area (Å²) in [4.78, 5) is 0. The van der Waals surface area contributed by atoms with Crippen LogP contribution in [-0.2, 0) is 5.41 Å². The maximum Gasteiger partial charge on any atom is 0.0713 e. The number of aromatic nitrogens is 2. The van der Waals surface area contributed by atoms with Crippen molar-refractivity contribution in [2.24, 2.45) is 0 Å². The maximum atomic E-state index is 2.43. The van der Waals surface area contributed by atoms with Gasteiger partial charge in [0.25, 0.3) is 0 Å². The van der Waals surface area contributed by atoms with Crippen LogP contribution in [0.3, 0.4) is 0 Å². The van der Waals surface area contributed by atoms with E-state index in [4.69, 9.17) is 0 Å². The lowest BCUT2D eigenvalue weighted by molar-refractivity contribution is 0.769. The largest absolute Gasteiger partial charge is 0.309 e. The molecule has 0 saturated heterocycles. The van der Waals surface area contributed by atoms with Crippen molar-refractivity contribution in [3.05, 3.63) is 386 Å². The number of fused-ring (bicyclic) bond motifs is 9. The zero-order valence-corrected chi connectivity index (χ0v) is 51.0. The molecule has 0 amide bonds. The minimum Gasteiger partial charge on any atom is -0.309 e. The van der Waals surface area contributed by atoms with Crippen LogP contribution in [0.5, 0.6) is 0 Å². The number of benzene rings is 15. The lowest BCUT2D eigenvalue weighted by Gasteiger charge is -2.34. The molecule has 2 nitrogen and oxygen atoms in total. The van der Waals surface area contributed by atoms with Crippen molar-refractivity contribution in [3.8, 4) is 100 Å². The zero-order valence-electron chi connectivity index (χ0n) is 51.0. The molecule has 0 N–H and O–H groups in total. The molecule has 2 heterocycles. The highest BCUT2D eigenvalue weighted by Crippen LogP contribution is 2.57. The van der Waals surface area contributed by atoms with Crippen molar-refractivity contribution in [3.63, 3.8) is 0 Å². The first-order valence-electron chi connectivity index (χ1n) is 32.2. The molecule has 17 aromatic rings. The van der Waals surface area contributed by atoms with Crippen LogP contribution in [0.4, 0.5) is 0 Å². The van der Waals surface area contributed by atoms with Crippen molar-refractivity contribution < 1.29 is 0 Å². The van der Waals surface area contributed by atoms with Gasteiger partial charge in [0.2, 0.25) is 0 Å². The Kier molecular flexibility index (Phi) is 12.8. The average molecular weight is 1180 g/mol. The molecular formula is C91H60N2. The summed E-state index contributed by atoms with van der Waals surface area (Å²) in [6, 6.07) is 135. The van der Waals surface area contributed by atoms with Gasteiger partial charge in [0.05, 0.1) is 27.5 Å². The fourth-order valence-electron chi connectivity index (χ4n) is 15.3. The minimum absolute atomic E-state index is 0.531. The molecule has 18 rings (SSSR count). The van der Waals surface area contributed by atoms with Crippen molar-refractivity contribution in [2.75, 3.05) is 0 Å². The second kappa shape index (κ2) is 22.1. The van der Waals surface area contributed by atoms with Gasteiger partial charge in [-0.15, -0.1) is 0 Å². The molecule has 93 heavy (non-hydrogen) atoms. The summed E-state index contributed by atoms with van der Waals surface area (Å²) >= 11 is 0. The maximum absolute atomic E-state index is 2.43. The van der Waals surface area contributed by atoms with Crippen LogP contribution in [0.2, 0.25) is 0 Å². The molecule has 0 spiro atoms. The Morgan fingerprint density at radius 3 is 0.989 bits per heavy atom. The Bertz CT molecular complexity index is 5670. The Labute approximate surface area is 541 Å². The van der Waals surface area contributed by atoms with Crippen LogP contribution >= 0.6 is 0 Å². The third-order valence-electron chi connectivity index (χ3n) is 19.7. The number of nitrogens with zero attached hydrogens (tertiary/aromatic N) is 2. The normalized spacial score (nSPS) is 12.4. The Morgan fingerprint density at radius 1 is 0.172 bits per heavy atom. The SMILES string of the molecule is c1ccc(-c2cccc(-n3c4ccccc4c4cc(-c5ccc6c(c5)c5ccccc5n6-c5cccc(-c6ccc(-c7ccc(-c8cccc(C9(c%10ccc(-c%11ccccc%11-c%11ccccc%11)cc%10)c%10ccccc%10-c%10ccccc%109)c8)cc7)cc6)c5)ccc43)c2)cc1. The van der Waals surface area contributed by atoms with Gasteiger partial charge in [0.15, 0.2) is 0 Å². The van der Waals surface area contributed by atoms with Crippen LogP contribution < -0.4 is 0 Å². The Morgan fingerprint density at radius 2 is 0.495 bits per heavy atom. The van der Waals surface area contributed by atoms with E-state index in [1.165, 1.54) is 155 Å². The number of rotatable bonds is 11. The van der Waals surface area contributed by atoms with E-state index in [1.807, 2.05) is 0 Å². The van der Waals surface area contributed by atoms with E-state index >= 15 is 0 Å². The van der Waals surface area contributed by atoms with Gasteiger partial charge in [-0.25, -0.2) is 0 Å². The molecule has 0 saturated carbocycles. The molecule has 0 fully saturated rings. The highest BCUT2D eigenvalue weighted by Gasteiger charge is 2.46. The molecule has 0 atom stereocenters. The predicted octanol–water partition coefficient (Wildman–Crippen LogP) is 23.9. The third kappa shape index (κ3) is 8.94. The van der Waals surface area contributed by atoms with E-state index in [0.29, 0.717) is 0 Å². The van der Waals surface area contributed by atoms with Gasteiger partial charge < -0.3 is 9.13 Å². The van der Waals surface area contributed by atoms with Crippen LogP contribution in [0.15, 0.2) is 364 Å². The van der Waals surface area contributed by atoms with Crippen molar-refractivity contribution in [1.29, 1.82) is 0 Å². The van der Waals surface area contributed by atoms with Crippen molar-refractivity contribution in [1.82, 2.24) is 9.13 Å². The first kappa shape index (κ1) is 53.9. The molecule has 1 aliphatic carbocycles. The summed E-state index contributed by atoms with van der Waals surface area (Å²) in [5, 5.41) is 4.94. The zero-order chi connectivity index (χ0) is 61.4. The standard InChI is InChI=1S/C91H60N2/c1-3-20-61(21-4-1)69-25-18-28-75(57-69)92-87-38-15-11-34-81(87)83-59-71(50-54-89(83)92)72-51-55-90-84(60-72)82-35-12-16-39-88(82)93(90)76-29-19-26-70(58-76)65-46-42-63(43-47-65)62-40-44-64(45-41-62)68-24-17-27-74(56-68)91(85-36-13-9-32-79(85)80-33-10-14-37-86(80)91)73-52-48-67(49-53-73)78-31-8-7-30-77(78)66-22-5-2-6-23-66/h1-60H. The van der Waals surface area contributed by atoms with Gasteiger partial charge in [-0.05, 0) is 178 Å². The molecular weight excluding hydrogens is 1120 g/mol. The summed E-state index contributed by atoms with van der Waals surface area (Å²) in [6.07, 6.45) is 0. The molecule has 0 aliphatic heterocycles. The van der Waals surface area contributed by atoms with E-state index in [9.17, 15) is 0 Å². The molecule has 434 valence electrons. The highest BCUT2D eigenvalue weighted by molar-refractivity contribution is 6.13. The van der Waals surface area contributed by atoms with Gasteiger partial charge in [0.1, 0.15) is 0 Å². The van der Waals surface area contributed by atoms with E-state index in [-0.39, 0.29) is 0 Å². The Hall–Kier alpha value is -12.1. The van der Waals surface area contributed by atoms with Gasteiger partial charge in [-0.2, -0.15) is 0 Å². The lowest BCUT2D eigenvalue weighted by atomic mass is 9.67. The molecule has 0 unspecified atom stereocenters. The van der Waals surface area contributed by atoms with Crippen LogP contribution in [0.25, 0.3) is 144 Å². The summed E-state index contributed by atoms with van der Waals surface area (Å²) in [7, 11) is 0. The first-order chi connectivity index (χ1) is 46.1. The Balaban J connectivity index is 0.639. The quantitative estimate of drug-likeness (QED) is 0.122. The summed E-state index contributed by atoms with van der Waals surface area (Å²) in [5.41, 5.74) is 30.9.